The van der Waals surface area contributed by atoms with Crippen LogP contribution in [0.15, 0.2) is 46.9 Å². The number of nitrogens with zero attached hydrogens (tertiary/aromatic N) is 2. The van der Waals surface area contributed by atoms with Crippen LogP contribution >= 0.6 is 15.9 Å². The molecule has 0 fully saturated rings. The molecule has 0 aliphatic heterocycles. The predicted molar refractivity (Wildman–Crippen MR) is 84.0 cm³/mol. The standard InChI is InChI=1S/C16H15BrN2O/c1-11(20)13-6-7-16(15(17)9-13)19(2)14-5-3-4-12(8-14)10-18/h3-9,11,20H,1-2H3/t11-/m1/s1. The van der Waals surface area contributed by atoms with E-state index in [0.717, 1.165) is 21.4 Å². The fraction of sp³-hybridized carbons (Fsp3) is 0.188. The Balaban J connectivity index is 2.38. The van der Waals surface area contributed by atoms with E-state index in [9.17, 15) is 5.11 Å². The highest BCUT2D eigenvalue weighted by Gasteiger charge is 2.10. The maximum Gasteiger partial charge on any atom is 0.0992 e. The van der Waals surface area contributed by atoms with E-state index in [0.29, 0.717) is 5.56 Å². The molecule has 0 saturated carbocycles. The zero-order chi connectivity index (χ0) is 14.7. The van der Waals surface area contributed by atoms with Crippen LogP contribution in [-0.2, 0) is 0 Å². The molecule has 2 aromatic carbocycles. The van der Waals surface area contributed by atoms with Crippen molar-refractivity contribution in [3.8, 4) is 6.07 Å². The summed E-state index contributed by atoms with van der Waals surface area (Å²) in [7, 11) is 1.94. The summed E-state index contributed by atoms with van der Waals surface area (Å²) < 4.78 is 0.903. The lowest BCUT2D eigenvalue weighted by atomic mass is 10.1. The average molecular weight is 331 g/mol. The van der Waals surface area contributed by atoms with Crippen molar-refractivity contribution in [1.29, 1.82) is 5.26 Å². The summed E-state index contributed by atoms with van der Waals surface area (Å²) >= 11 is 3.53. The molecule has 0 aromatic heterocycles. The Morgan fingerprint density at radius 3 is 2.60 bits per heavy atom. The summed E-state index contributed by atoms with van der Waals surface area (Å²) in [5.41, 5.74) is 3.41. The van der Waals surface area contributed by atoms with Crippen LogP contribution < -0.4 is 4.90 Å². The number of nitriles is 1. The van der Waals surface area contributed by atoms with Crippen LogP contribution in [0.1, 0.15) is 24.2 Å². The highest BCUT2D eigenvalue weighted by atomic mass is 79.9. The second-order valence-corrected chi connectivity index (χ2v) is 5.46. The summed E-state index contributed by atoms with van der Waals surface area (Å²) in [4.78, 5) is 2.00. The van der Waals surface area contributed by atoms with Gasteiger partial charge in [-0.25, -0.2) is 0 Å². The van der Waals surface area contributed by atoms with E-state index in [-0.39, 0.29) is 0 Å². The highest BCUT2D eigenvalue weighted by Crippen LogP contribution is 2.33. The van der Waals surface area contributed by atoms with Crippen molar-refractivity contribution in [2.45, 2.75) is 13.0 Å². The summed E-state index contributed by atoms with van der Waals surface area (Å²) in [5.74, 6) is 0. The van der Waals surface area contributed by atoms with Gasteiger partial charge in [0.2, 0.25) is 0 Å². The van der Waals surface area contributed by atoms with Crippen LogP contribution in [0.5, 0.6) is 0 Å². The first-order valence-electron chi connectivity index (χ1n) is 6.24. The Labute approximate surface area is 127 Å². The first-order chi connectivity index (χ1) is 9.52. The molecule has 3 nitrogen and oxygen atoms in total. The number of hydrogen-bond donors (Lipinski definition) is 1. The van der Waals surface area contributed by atoms with Gasteiger partial charge in [0.1, 0.15) is 0 Å². The van der Waals surface area contributed by atoms with Gasteiger partial charge in [-0.2, -0.15) is 5.26 Å². The topological polar surface area (TPSA) is 47.3 Å². The second kappa shape index (κ2) is 6.08. The molecule has 0 radical (unpaired) electrons. The number of hydrogen-bond acceptors (Lipinski definition) is 3. The van der Waals surface area contributed by atoms with Crippen LogP contribution in [0.2, 0.25) is 0 Å². The van der Waals surface area contributed by atoms with Gasteiger partial charge >= 0.3 is 0 Å². The number of rotatable bonds is 3. The zero-order valence-corrected chi connectivity index (χ0v) is 12.9. The Morgan fingerprint density at radius 2 is 2.00 bits per heavy atom. The molecule has 20 heavy (non-hydrogen) atoms. The van der Waals surface area contributed by atoms with Gasteiger partial charge in [-0.3, -0.25) is 0 Å². The third kappa shape index (κ3) is 3.01. The Hall–Kier alpha value is -1.83. The predicted octanol–water partition coefficient (Wildman–Crippen LogP) is 4.14. The molecule has 1 atom stereocenters. The van der Waals surface area contributed by atoms with E-state index in [4.69, 9.17) is 5.26 Å². The molecular formula is C16H15BrN2O. The molecule has 0 aliphatic carbocycles. The first kappa shape index (κ1) is 14.6. The molecule has 1 N–H and O–H groups in total. The molecule has 4 heteroatoms. The molecule has 102 valence electrons. The van der Waals surface area contributed by atoms with Crippen LogP contribution in [0, 0.1) is 11.3 Å². The van der Waals surface area contributed by atoms with Gasteiger partial charge in [0.05, 0.1) is 23.4 Å². The maximum atomic E-state index is 9.59. The van der Waals surface area contributed by atoms with Crippen LogP contribution in [-0.4, -0.2) is 12.2 Å². The van der Waals surface area contributed by atoms with Gasteiger partial charge in [-0.05, 0) is 58.7 Å². The Morgan fingerprint density at radius 1 is 1.25 bits per heavy atom. The first-order valence-corrected chi connectivity index (χ1v) is 7.03. The van der Waals surface area contributed by atoms with Crippen LogP contribution in [0.3, 0.4) is 0 Å². The van der Waals surface area contributed by atoms with E-state index in [1.54, 1.807) is 13.0 Å². The average Bonchev–Trinajstić information content (AvgIpc) is 2.46. The maximum absolute atomic E-state index is 9.59. The number of halogens is 1. The molecule has 0 amide bonds. The van der Waals surface area contributed by atoms with E-state index in [1.807, 2.05) is 48.3 Å². The SMILES string of the molecule is C[C@@H](O)c1ccc(N(C)c2cccc(C#N)c2)c(Br)c1. The van der Waals surface area contributed by atoms with Crippen molar-refractivity contribution in [3.63, 3.8) is 0 Å². The van der Waals surface area contributed by atoms with Crippen molar-refractivity contribution in [3.05, 3.63) is 58.1 Å². The third-order valence-electron chi connectivity index (χ3n) is 3.18. The minimum absolute atomic E-state index is 0.493. The van der Waals surface area contributed by atoms with Gasteiger partial charge in [0.15, 0.2) is 0 Å². The van der Waals surface area contributed by atoms with E-state index in [2.05, 4.69) is 22.0 Å². The van der Waals surface area contributed by atoms with Crippen LogP contribution in [0.25, 0.3) is 0 Å². The molecule has 0 aliphatic rings. The molecule has 0 spiro atoms. The van der Waals surface area contributed by atoms with E-state index < -0.39 is 6.10 Å². The molecule has 0 saturated heterocycles. The smallest absolute Gasteiger partial charge is 0.0992 e. The molecule has 0 unspecified atom stereocenters. The van der Waals surface area contributed by atoms with Gasteiger partial charge in [-0.1, -0.05) is 12.1 Å². The number of aliphatic hydroxyl groups is 1. The molecular weight excluding hydrogens is 316 g/mol. The molecule has 2 aromatic rings. The van der Waals surface area contributed by atoms with Gasteiger partial charge in [-0.15, -0.1) is 0 Å². The number of anilines is 2. The third-order valence-corrected chi connectivity index (χ3v) is 3.81. The van der Waals surface area contributed by atoms with Crippen molar-refractivity contribution in [1.82, 2.24) is 0 Å². The summed E-state index contributed by atoms with van der Waals surface area (Å²) in [6, 6.07) is 15.3. The summed E-state index contributed by atoms with van der Waals surface area (Å²) in [6.07, 6.45) is -0.493. The van der Waals surface area contributed by atoms with Crippen molar-refractivity contribution >= 4 is 27.3 Å². The highest BCUT2D eigenvalue weighted by molar-refractivity contribution is 9.10. The lowest BCUT2D eigenvalue weighted by molar-refractivity contribution is 0.199. The largest absolute Gasteiger partial charge is 0.389 e. The van der Waals surface area contributed by atoms with Crippen molar-refractivity contribution in [2.24, 2.45) is 0 Å². The lowest BCUT2D eigenvalue weighted by Gasteiger charge is -2.22. The fourth-order valence-corrected chi connectivity index (χ4v) is 2.64. The van der Waals surface area contributed by atoms with Crippen LogP contribution in [0.4, 0.5) is 11.4 Å². The van der Waals surface area contributed by atoms with Gasteiger partial charge in [0.25, 0.3) is 0 Å². The summed E-state index contributed by atoms with van der Waals surface area (Å²) in [6.45, 7) is 1.74. The van der Waals surface area contributed by atoms with Gasteiger partial charge in [0, 0.05) is 17.2 Å². The lowest BCUT2D eigenvalue weighted by Crippen LogP contribution is -2.10. The zero-order valence-electron chi connectivity index (χ0n) is 11.3. The Kier molecular flexibility index (Phi) is 4.43. The minimum Gasteiger partial charge on any atom is -0.389 e. The summed E-state index contributed by atoms with van der Waals surface area (Å²) in [5, 5.41) is 18.6. The minimum atomic E-state index is -0.493. The monoisotopic (exact) mass is 330 g/mol. The number of benzene rings is 2. The molecule has 0 bridgehead atoms. The van der Waals surface area contributed by atoms with Crippen molar-refractivity contribution < 1.29 is 5.11 Å². The normalized spacial score (nSPS) is 11.8. The fourth-order valence-electron chi connectivity index (χ4n) is 1.98. The molecule has 0 heterocycles. The quantitative estimate of drug-likeness (QED) is 0.919. The van der Waals surface area contributed by atoms with E-state index in [1.165, 1.54) is 0 Å². The molecule has 2 rings (SSSR count). The number of aliphatic hydroxyl groups excluding tert-OH is 1. The van der Waals surface area contributed by atoms with Crippen molar-refractivity contribution in [2.75, 3.05) is 11.9 Å². The Bertz CT molecular complexity index is 662. The van der Waals surface area contributed by atoms with Gasteiger partial charge < -0.3 is 10.0 Å². The van der Waals surface area contributed by atoms with E-state index >= 15 is 0 Å². The second-order valence-electron chi connectivity index (χ2n) is 4.61.